The van der Waals surface area contributed by atoms with Crippen molar-refractivity contribution in [3.63, 3.8) is 0 Å². The third-order valence-electron chi connectivity index (χ3n) is 9.00. The fourth-order valence-corrected chi connectivity index (χ4v) is 7.65. The number of amides is 2. The Kier molecular flexibility index (Phi) is 12.0. The van der Waals surface area contributed by atoms with Crippen molar-refractivity contribution in [2.24, 2.45) is 0 Å². The molecule has 1 atom stereocenters. The van der Waals surface area contributed by atoms with E-state index >= 15 is 0 Å². The van der Waals surface area contributed by atoms with Crippen molar-refractivity contribution in [3.05, 3.63) is 114 Å². The second kappa shape index (κ2) is 16.6. The first-order valence-electron chi connectivity index (χ1n) is 16.7. The average Bonchev–Trinajstić information content (AvgIpc) is 3.65. The number of nitrogens with zero attached hydrogens (tertiary/aromatic N) is 2. The number of rotatable bonds is 15. The molecule has 5 rings (SSSR count). The molecule has 1 saturated carbocycles. The molecule has 0 spiro atoms. The monoisotopic (exact) mass is 699 g/mol. The van der Waals surface area contributed by atoms with Crippen LogP contribution < -0.4 is 23.8 Å². The van der Waals surface area contributed by atoms with Crippen LogP contribution in [0.25, 0.3) is 0 Å². The minimum absolute atomic E-state index is 0.0000642. The number of hydrogen-bond acceptors (Lipinski definition) is 7. The molecular formula is C39H45N3O7S. The van der Waals surface area contributed by atoms with E-state index in [0.29, 0.717) is 11.5 Å². The van der Waals surface area contributed by atoms with Gasteiger partial charge in [-0.3, -0.25) is 13.9 Å². The van der Waals surface area contributed by atoms with E-state index in [9.17, 15) is 18.0 Å². The lowest BCUT2D eigenvalue weighted by Gasteiger charge is -2.34. The third-order valence-corrected chi connectivity index (χ3v) is 10.8. The summed E-state index contributed by atoms with van der Waals surface area (Å²) in [5, 5.41) is 3.20. The molecule has 0 aliphatic heterocycles. The molecular weight excluding hydrogens is 655 g/mol. The van der Waals surface area contributed by atoms with E-state index in [1.807, 2.05) is 49.4 Å². The molecule has 4 aromatic carbocycles. The maximum Gasteiger partial charge on any atom is 0.264 e. The largest absolute Gasteiger partial charge is 0.497 e. The van der Waals surface area contributed by atoms with E-state index in [2.05, 4.69) is 5.32 Å². The quantitative estimate of drug-likeness (QED) is 0.164. The summed E-state index contributed by atoms with van der Waals surface area (Å²) >= 11 is 0. The summed E-state index contributed by atoms with van der Waals surface area (Å²) in [5.74, 6) is 0.339. The molecule has 4 aromatic rings. The van der Waals surface area contributed by atoms with Gasteiger partial charge in [-0.05, 0) is 67.3 Å². The Morgan fingerprint density at radius 3 is 2.12 bits per heavy atom. The van der Waals surface area contributed by atoms with Crippen LogP contribution in [-0.4, -0.2) is 65.1 Å². The number of hydrogen-bond donors (Lipinski definition) is 1. The fourth-order valence-electron chi connectivity index (χ4n) is 6.23. The Morgan fingerprint density at radius 1 is 0.800 bits per heavy atom. The van der Waals surface area contributed by atoms with E-state index in [1.54, 1.807) is 43.5 Å². The second-order valence-electron chi connectivity index (χ2n) is 12.4. The number of sulfonamides is 1. The fraction of sp³-hybridized carbons (Fsp3) is 0.333. The molecule has 0 radical (unpaired) electrons. The standard InChI is InChI=1S/C39H45N3O7S/c1-28-17-20-34(21-18-28)50(45,46)42(35-25-33(48-3)19-22-37(35)49-4)27-38(43)41(26-30-13-10-16-32(23-30)47-2)36(24-29-11-6-5-7-12-29)39(44)40-31-14-8-9-15-31/h5-7,10-13,16-23,25,31,36H,8-9,14-15,24,26-27H2,1-4H3,(H,40,44). The summed E-state index contributed by atoms with van der Waals surface area (Å²) < 4.78 is 46.6. The predicted molar refractivity (Wildman–Crippen MR) is 193 cm³/mol. The molecule has 1 aliphatic rings. The number of nitrogens with one attached hydrogen (secondary N) is 1. The molecule has 1 N–H and O–H groups in total. The normalized spacial score (nSPS) is 13.7. The summed E-state index contributed by atoms with van der Waals surface area (Å²) in [4.78, 5) is 30.6. The Morgan fingerprint density at radius 2 is 1.46 bits per heavy atom. The summed E-state index contributed by atoms with van der Waals surface area (Å²) in [6.07, 6.45) is 4.00. The van der Waals surface area contributed by atoms with Crippen molar-refractivity contribution < 1.29 is 32.2 Å². The van der Waals surface area contributed by atoms with Crippen LogP contribution in [-0.2, 0) is 32.6 Å². The van der Waals surface area contributed by atoms with Gasteiger partial charge in [0.05, 0.1) is 31.9 Å². The van der Waals surface area contributed by atoms with Gasteiger partial charge in [-0.1, -0.05) is 73.0 Å². The summed E-state index contributed by atoms with van der Waals surface area (Å²) in [6, 6.07) is 27.0. The first-order valence-corrected chi connectivity index (χ1v) is 18.1. The lowest BCUT2D eigenvalue weighted by molar-refractivity contribution is -0.140. The van der Waals surface area contributed by atoms with Gasteiger partial charge in [0.15, 0.2) is 0 Å². The van der Waals surface area contributed by atoms with E-state index in [0.717, 1.165) is 46.7 Å². The van der Waals surface area contributed by atoms with Crippen LogP contribution in [0, 0.1) is 6.92 Å². The number of anilines is 1. The summed E-state index contributed by atoms with van der Waals surface area (Å²) in [7, 11) is 0.133. The first kappa shape index (κ1) is 36.3. The molecule has 1 unspecified atom stereocenters. The summed E-state index contributed by atoms with van der Waals surface area (Å²) in [5.41, 5.74) is 2.58. The first-order chi connectivity index (χ1) is 24.1. The topological polar surface area (TPSA) is 114 Å². The number of carbonyl (C=O) groups excluding carboxylic acids is 2. The molecule has 1 fully saturated rings. The smallest absolute Gasteiger partial charge is 0.264 e. The number of methoxy groups -OCH3 is 3. The van der Waals surface area contributed by atoms with Crippen molar-refractivity contribution in [1.29, 1.82) is 0 Å². The predicted octanol–water partition coefficient (Wildman–Crippen LogP) is 5.92. The van der Waals surface area contributed by atoms with Gasteiger partial charge < -0.3 is 24.4 Å². The lowest BCUT2D eigenvalue weighted by Crippen LogP contribution is -2.54. The van der Waals surface area contributed by atoms with Crippen molar-refractivity contribution in [3.8, 4) is 17.2 Å². The molecule has 0 saturated heterocycles. The highest BCUT2D eigenvalue weighted by Crippen LogP contribution is 2.36. The van der Waals surface area contributed by atoms with Gasteiger partial charge in [0, 0.05) is 25.1 Å². The van der Waals surface area contributed by atoms with Crippen molar-refractivity contribution in [1.82, 2.24) is 10.2 Å². The Balaban J connectivity index is 1.62. The number of ether oxygens (including phenoxy) is 3. The number of benzene rings is 4. The Bertz CT molecular complexity index is 1860. The van der Waals surface area contributed by atoms with E-state index in [-0.39, 0.29) is 41.2 Å². The zero-order valence-electron chi connectivity index (χ0n) is 29.0. The van der Waals surface area contributed by atoms with Gasteiger partial charge in [-0.15, -0.1) is 0 Å². The van der Waals surface area contributed by atoms with Crippen LogP contribution in [0.15, 0.2) is 102 Å². The zero-order chi connectivity index (χ0) is 35.7. The maximum atomic E-state index is 14.9. The molecule has 50 heavy (non-hydrogen) atoms. The van der Waals surface area contributed by atoms with Crippen LogP contribution in [0.5, 0.6) is 17.2 Å². The zero-order valence-corrected chi connectivity index (χ0v) is 29.8. The van der Waals surface area contributed by atoms with Crippen LogP contribution in [0.2, 0.25) is 0 Å². The molecule has 0 aromatic heterocycles. The minimum Gasteiger partial charge on any atom is -0.497 e. The SMILES string of the molecule is COc1cccc(CN(C(=O)CN(c2cc(OC)ccc2OC)S(=O)(=O)c2ccc(C)cc2)C(Cc2ccccc2)C(=O)NC2CCCC2)c1. The molecule has 10 nitrogen and oxygen atoms in total. The van der Waals surface area contributed by atoms with Gasteiger partial charge >= 0.3 is 0 Å². The van der Waals surface area contributed by atoms with Gasteiger partial charge in [-0.25, -0.2) is 8.42 Å². The van der Waals surface area contributed by atoms with Gasteiger partial charge in [0.25, 0.3) is 10.0 Å². The third kappa shape index (κ3) is 8.76. The highest BCUT2D eigenvalue weighted by atomic mass is 32.2. The van der Waals surface area contributed by atoms with Crippen molar-refractivity contribution in [2.45, 2.75) is 62.6 Å². The van der Waals surface area contributed by atoms with Crippen LogP contribution in [0.1, 0.15) is 42.4 Å². The lowest BCUT2D eigenvalue weighted by atomic mass is 10.0. The van der Waals surface area contributed by atoms with Gasteiger partial charge in [0.1, 0.15) is 29.8 Å². The van der Waals surface area contributed by atoms with E-state index < -0.39 is 28.5 Å². The van der Waals surface area contributed by atoms with Crippen LogP contribution >= 0.6 is 0 Å². The number of aryl methyl sites for hydroxylation is 1. The summed E-state index contributed by atoms with van der Waals surface area (Å²) in [6.45, 7) is 1.27. The molecule has 0 heterocycles. The van der Waals surface area contributed by atoms with Crippen LogP contribution in [0.3, 0.4) is 0 Å². The Hall–Kier alpha value is -5.03. The van der Waals surface area contributed by atoms with E-state index in [4.69, 9.17) is 14.2 Å². The maximum absolute atomic E-state index is 14.9. The molecule has 11 heteroatoms. The Labute approximate surface area is 295 Å². The number of carbonyl (C=O) groups is 2. The molecule has 2 amide bonds. The van der Waals surface area contributed by atoms with Crippen molar-refractivity contribution in [2.75, 3.05) is 32.2 Å². The molecule has 264 valence electrons. The average molecular weight is 700 g/mol. The van der Waals surface area contributed by atoms with Crippen LogP contribution in [0.4, 0.5) is 5.69 Å². The molecule has 1 aliphatic carbocycles. The van der Waals surface area contributed by atoms with Gasteiger partial charge in [-0.2, -0.15) is 0 Å². The van der Waals surface area contributed by atoms with Gasteiger partial charge in [0.2, 0.25) is 11.8 Å². The van der Waals surface area contributed by atoms with Crippen molar-refractivity contribution >= 4 is 27.5 Å². The minimum atomic E-state index is -4.33. The second-order valence-corrected chi connectivity index (χ2v) is 14.3. The highest BCUT2D eigenvalue weighted by molar-refractivity contribution is 7.92. The highest BCUT2D eigenvalue weighted by Gasteiger charge is 2.36. The molecule has 0 bridgehead atoms. The van der Waals surface area contributed by atoms with E-state index in [1.165, 1.54) is 37.3 Å².